The van der Waals surface area contributed by atoms with Crippen LogP contribution in [0.5, 0.6) is 11.5 Å². The third-order valence-electron chi connectivity index (χ3n) is 5.82. The number of anilines is 1. The van der Waals surface area contributed by atoms with Gasteiger partial charge in [-0.2, -0.15) is 8.42 Å². The van der Waals surface area contributed by atoms with E-state index in [2.05, 4.69) is 9.71 Å². The number of likely N-dealkylation sites (tertiary alicyclic amines) is 1. The highest BCUT2D eigenvalue weighted by atomic mass is 32.2. The van der Waals surface area contributed by atoms with E-state index in [4.69, 9.17) is 4.74 Å². The molecule has 0 bridgehead atoms. The topological polar surface area (TPSA) is 88.1 Å². The number of hydrogen-bond acceptors (Lipinski definition) is 5. The summed E-state index contributed by atoms with van der Waals surface area (Å²) in [5, 5.41) is 3.00. The molecule has 1 saturated heterocycles. The molecule has 7 nitrogen and oxygen atoms in total. The highest BCUT2D eigenvalue weighted by molar-refractivity contribution is 7.90. The molecule has 2 aliphatic heterocycles. The highest BCUT2D eigenvalue weighted by Gasteiger charge is 2.35. The van der Waals surface area contributed by atoms with Gasteiger partial charge >= 0.3 is 0 Å². The number of carbonyl (C=O) groups excluding carboxylic acids is 1. The van der Waals surface area contributed by atoms with E-state index in [1.165, 1.54) is 0 Å². The summed E-state index contributed by atoms with van der Waals surface area (Å²) in [6.07, 6.45) is 1.48. The van der Waals surface area contributed by atoms with Crippen molar-refractivity contribution in [2.24, 2.45) is 10.3 Å². The fourth-order valence-corrected chi connectivity index (χ4v) is 5.44. The summed E-state index contributed by atoms with van der Waals surface area (Å²) < 4.78 is 34.9. The number of nitrogens with one attached hydrogen (secondary N) is 1. The Hall–Kier alpha value is -3.65. The molecular weight excluding hydrogens is 438 g/mol. The zero-order valence-corrected chi connectivity index (χ0v) is 18.7. The Bertz CT molecular complexity index is 1320. The molecule has 3 aromatic carbocycles. The number of carbonyl (C=O) groups is 1. The predicted octanol–water partition coefficient (Wildman–Crippen LogP) is 4.28. The standard InChI is InChI=1S/C25H23N3O4S/c29-25(26-21-13-5-6-14-22(21)32-19-10-2-1-3-11-19)18-9-8-16-28(17-18)24-20-12-4-7-15-23(20)33(30,31)27-24/h1-7,10-15,18H,8-9,16-17H2,(H,26,29)/t18-/m1/s1. The molecule has 2 aliphatic rings. The lowest BCUT2D eigenvalue weighted by molar-refractivity contribution is -0.121. The molecule has 8 heteroatoms. The number of rotatable bonds is 4. The minimum absolute atomic E-state index is 0.126. The van der Waals surface area contributed by atoms with E-state index in [-0.39, 0.29) is 16.7 Å². The molecule has 0 unspecified atom stereocenters. The van der Waals surface area contributed by atoms with Gasteiger partial charge in [0.2, 0.25) is 5.91 Å². The molecule has 1 amide bonds. The van der Waals surface area contributed by atoms with Gasteiger partial charge in [0.1, 0.15) is 10.6 Å². The Balaban J connectivity index is 1.32. The molecular formula is C25H23N3O4S. The van der Waals surface area contributed by atoms with Crippen molar-refractivity contribution in [3.8, 4) is 11.5 Å². The summed E-state index contributed by atoms with van der Waals surface area (Å²) in [5.74, 6) is 1.24. The number of ether oxygens (including phenoxy) is 1. The number of piperidine rings is 1. The number of hydrogen-bond donors (Lipinski definition) is 1. The van der Waals surface area contributed by atoms with E-state index in [0.717, 1.165) is 6.42 Å². The maximum Gasteiger partial charge on any atom is 0.285 e. The third kappa shape index (κ3) is 4.34. The van der Waals surface area contributed by atoms with Gasteiger partial charge in [-0.3, -0.25) is 4.79 Å². The van der Waals surface area contributed by atoms with Crippen molar-refractivity contribution >= 4 is 27.5 Å². The molecule has 168 valence electrons. The lowest BCUT2D eigenvalue weighted by Crippen LogP contribution is -2.43. The van der Waals surface area contributed by atoms with Crippen molar-refractivity contribution in [1.82, 2.24) is 4.90 Å². The Morgan fingerprint density at radius 2 is 1.70 bits per heavy atom. The second-order valence-electron chi connectivity index (χ2n) is 8.07. The third-order valence-corrected chi connectivity index (χ3v) is 7.15. The number of nitrogens with zero attached hydrogens (tertiary/aromatic N) is 2. The van der Waals surface area contributed by atoms with Crippen LogP contribution in [0, 0.1) is 5.92 Å². The number of benzene rings is 3. The van der Waals surface area contributed by atoms with Gasteiger partial charge in [0.05, 0.1) is 11.6 Å². The van der Waals surface area contributed by atoms with Gasteiger partial charge in [-0.05, 0) is 49.2 Å². The first-order chi connectivity index (χ1) is 16.0. The average molecular weight is 462 g/mol. The van der Waals surface area contributed by atoms with E-state index >= 15 is 0 Å². The summed E-state index contributed by atoms with van der Waals surface area (Å²) >= 11 is 0. The maximum absolute atomic E-state index is 13.2. The smallest absolute Gasteiger partial charge is 0.285 e. The molecule has 0 spiro atoms. The summed E-state index contributed by atoms with van der Waals surface area (Å²) in [4.78, 5) is 15.3. The van der Waals surface area contributed by atoms with Gasteiger partial charge in [-0.1, -0.05) is 42.5 Å². The fourth-order valence-electron chi connectivity index (χ4n) is 4.21. The molecule has 1 atom stereocenters. The number of sulfonamides is 1. The van der Waals surface area contributed by atoms with E-state index in [9.17, 15) is 13.2 Å². The van der Waals surface area contributed by atoms with Crippen molar-refractivity contribution < 1.29 is 17.9 Å². The van der Waals surface area contributed by atoms with Crippen molar-refractivity contribution in [3.05, 3.63) is 84.4 Å². The van der Waals surface area contributed by atoms with Crippen molar-refractivity contribution in [2.75, 3.05) is 18.4 Å². The Kier molecular flexibility index (Phi) is 5.60. The zero-order valence-electron chi connectivity index (χ0n) is 17.8. The van der Waals surface area contributed by atoms with Gasteiger partial charge in [0.15, 0.2) is 11.6 Å². The van der Waals surface area contributed by atoms with Crippen LogP contribution in [0.1, 0.15) is 18.4 Å². The number of amidine groups is 1. The monoisotopic (exact) mass is 461 g/mol. The van der Waals surface area contributed by atoms with E-state index in [1.54, 1.807) is 30.3 Å². The SMILES string of the molecule is O=C(Nc1ccccc1Oc1ccccc1)[C@@H]1CCCN(C2=NS(=O)(=O)c3ccccc32)C1. The molecule has 1 fully saturated rings. The molecule has 1 N–H and O–H groups in total. The quantitative estimate of drug-likeness (QED) is 0.627. The number of para-hydroxylation sites is 3. The Morgan fingerprint density at radius 3 is 2.55 bits per heavy atom. The predicted molar refractivity (Wildman–Crippen MR) is 126 cm³/mol. The van der Waals surface area contributed by atoms with Crippen molar-refractivity contribution in [1.29, 1.82) is 0 Å². The molecule has 5 rings (SSSR count). The molecule has 33 heavy (non-hydrogen) atoms. The van der Waals surface area contributed by atoms with Crippen LogP contribution in [0.15, 0.2) is 88.2 Å². The van der Waals surface area contributed by atoms with E-state index in [0.29, 0.717) is 48.1 Å². The highest BCUT2D eigenvalue weighted by Crippen LogP contribution is 2.32. The van der Waals surface area contributed by atoms with Gasteiger partial charge in [0, 0.05) is 18.7 Å². The fraction of sp³-hybridized carbons (Fsp3) is 0.200. The van der Waals surface area contributed by atoms with Gasteiger partial charge in [-0.15, -0.1) is 4.40 Å². The minimum atomic E-state index is -3.70. The maximum atomic E-state index is 13.2. The van der Waals surface area contributed by atoms with Crippen LogP contribution >= 0.6 is 0 Å². The zero-order chi connectivity index (χ0) is 22.8. The van der Waals surface area contributed by atoms with Crippen LogP contribution in [0.4, 0.5) is 5.69 Å². The first-order valence-corrected chi connectivity index (χ1v) is 12.3. The van der Waals surface area contributed by atoms with E-state index < -0.39 is 10.0 Å². The van der Waals surface area contributed by atoms with Crippen LogP contribution in [-0.4, -0.2) is 38.2 Å². The van der Waals surface area contributed by atoms with Crippen LogP contribution < -0.4 is 10.1 Å². The van der Waals surface area contributed by atoms with Gasteiger partial charge < -0.3 is 15.0 Å². The molecule has 0 aromatic heterocycles. The summed E-state index contributed by atoms with van der Waals surface area (Å²) in [6.45, 7) is 1.05. The Labute approximate surface area is 192 Å². The number of amides is 1. The van der Waals surface area contributed by atoms with Crippen molar-refractivity contribution in [3.63, 3.8) is 0 Å². The van der Waals surface area contributed by atoms with Crippen LogP contribution in [0.3, 0.4) is 0 Å². The summed E-state index contributed by atoms with van der Waals surface area (Å²) in [6, 6.07) is 23.5. The molecule has 0 aliphatic carbocycles. The molecule has 2 heterocycles. The Morgan fingerprint density at radius 1 is 0.970 bits per heavy atom. The van der Waals surface area contributed by atoms with E-state index in [1.807, 2.05) is 53.4 Å². The van der Waals surface area contributed by atoms with Crippen molar-refractivity contribution in [2.45, 2.75) is 17.7 Å². The normalized spacial score (nSPS) is 18.8. The van der Waals surface area contributed by atoms with Gasteiger partial charge in [-0.25, -0.2) is 0 Å². The lowest BCUT2D eigenvalue weighted by Gasteiger charge is -2.33. The molecule has 0 radical (unpaired) electrons. The molecule has 0 saturated carbocycles. The second-order valence-corrected chi connectivity index (χ2v) is 9.64. The summed E-state index contributed by atoms with van der Waals surface area (Å²) in [5.41, 5.74) is 1.19. The van der Waals surface area contributed by atoms with Crippen LogP contribution in [-0.2, 0) is 14.8 Å². The first-order valence-electron chi connectivity index (χ1n) is 10.8. The largest absolute Gasteiger partial charge is 0.455 e. The lowest BCUT2D eigenvalue weighted by atomic mass is 9.96. The van der Waals surface area contributed by atoms with Crippen LogP contribution in [0.25, 0.3) is 0 Å². The van der Waals surface area contributed by atoms with Gasteiger partial charge in [0.25, 0.3) is 10.0 Å². The summed E-state index contributed by atoms with van der Waals surface area (Å²) in [7, 11) is -3.70. The minimum Gasteiger partial charge on any atom is -0.455 e. The molecule has 3 aromatic rings. The second kappa shape index (κ2) is 8.71. The van der Waals surface area contributed by atoms with Crippen LogP contribution in [0.2, 0.25) is 0 Å². The number of fused-ring (bicyclic) bond motifs is 1. The first kappa shape index (κ1) is 21.2. The average Bonchev–Trinajstić information content (AvgIpc) is 3.12.